The number of carbonyl (C=O) groups excluding carboxylic acids is 1. The lowest BCUT2D eigenvalue weighted by atomic mass is 10.3. The molecule has 2 heterocycles. The largest absolute Gasteiger partial charge is 0.464 e. The maximum absolute atomic E-state index is 12.9. The fourth-order valence-electron chi connectivity index (χ4n) is 1.51. The summed E-state index contributed by atoms with van der Waals surface area (Å²) in [7, 11) is 1.13. The number of esters is 1. The van der Waals surface area contributed by atoms with E-state index in [-0.39, 0.29) is 19.8 Å². The molecule has 9 heteroatoms. The van der Waals surface area contributed by atoms with Crippen LogP contribution in [-0.4, -0.2) is 22.7 Å². The molecule has 0 atom stereocenters. The molecule has 0 aliphatic carbocycles. The van der Waals surface area contributed by atoms with E-state index in [2.05, 4.69) is 9.84 Å². The zero-order valence-corrected chi connectivity index (χ0v) is 12.2. The minimum absolute atomic E-state index is 0.0888. The van der Waals surface area contributed by atoms with Gasteiger partial charge in [-0.1, -0.05) is 11.6 Å². The van der Waals surface area contributed by atoms with Crippen LogP contribution in [0.1, 0.15) is 16.2 Å². The standard InChI is InChI=1S/C10H5ClF3IN2O2/c1-19-9(18)8-7(15)5-2-4(11)3-6(10(12,13)14)17(5)16-8/h2-3H,1H3. The van der Waals surface area contributed by atoms with Crippen molar-refractivity contribution in [3.05, 3.63) is 32.1 Å². The summed E-state index contributed by atoms with van der Waals surface area (Å²) in [5.74, 6) is -0.808. The van der Waals surface area contributed by atoms with E-state index in [0.717, 1.165) is 13.2 Å². The van der Waals surface area contributed by atoms with Gasteiger partial charge in [-0.3, -0.25) is 0 Å². The molecule has 0 bridgehead atoms. The maximum atomic E-state index is 12.9. The number of fused-ring (bicyclic) bond motifs is 1. The van der Waals surface area contributed by atoms with Crippen LogP contribution in [0.5, 0.6) is 0 Å². The van der Waals surface area contributed by atoms with Gasteiger partial charge in [0.1, 0.15) is 5.69 Å². The van der Waals surface area contributed by atoms with Gasteiger partial charge in [0.05, 0.1) is 16.2 Å². The molecule has 19 heavy (non-hydrogen) atoms. The van der Waals surface area contributed by atoms with Crippen LogP contribution in [0.4, 0.5) is 13.2 Å². The molecule has 102 valence electrons. The van der Waals surface area contributed by atoms with Gasteiger partial charge in [-0.25, -0.2) is 9.31 Å². The SMILES string of the molecule is COC(=O)c1nn2c(C(F)(F)F)cc(Cl)cc2c1I. The molecule has 0 saturated heterocycles. The van der Waals surface area contributed by atoms with Gasteiger partial charge in [-0.2, -0.15) is 18.3 Å². The Kier molecular flexibility index (Phi) is 3.65. The van der Waals surface area contributed by atoms with Crippen molar-refractivity contribution in [1.29, 1.82) is 0 Å². The number of rotatable bonds is 1. The molecular formula is C10H5ClF3IN2O2. The van der Waals surface area contributed by atoms with Crippen molar-refractivity contribution in [2.24, 2.45) is 0 Å². The summed E-state index contributed by atoms with van der Waals surface area (Å²) < 4.78 is 44.0. The molecule has 0 amide bonds. The van der Waals surface area contributed by atoms with Crippen molar-refractivity contribution >= 4 is 45.7 Å². The Labute approximate surface area is 123 Å². The van der Waals surface area contributed by atoms with Crippen molar-refractivity contribution in [3.8, 4) is 0 Å². The normalized spacial score (nSPS) is 11.9. The maximum Gasteiger partial charge on any atom is 0.433 e. The van der Waals surface area contributed by atoms with Crippen molar-refractivity contribution in [2.45, 2.75) is 6.18 Å². The first-order valence-electron chi connectivity index (χ1n) is 4.79. The molecule has 2 rings (SSSR count). The minimum Gasteiger partial charge on any atom is -0.464 e. The second-order valence-electron chi connectivity index (χ2n) is 3.51. The molecule has 2 aromatic rings. The molecule has 0 aliphatic heterocycles. The number of hydrogen-bond donors (Lipinski definition) is 0. The number of nitrogens with zero attached hydrogens (tertiary/aromatic N) is 2. The van der Waals surface area contributed by atoms with Gasteiger partial charge in [0, 0.05) is 5.02 Å². The number of carbonyl (C=O) groups is 1. The second kappa shape index (κ2) is 4.82. The fraction of sp³-hybridized carbons (Fsp3) is 0.200. The summed E-state index contributed by atoms with van der Waals surface area (Å²) in [4.78, 5) is 11.4. The van der Waals surface area contributed by atoms with Crippen LogP contribution in [0, 0.1) is 3.57 Å². The smallest absolute Gasteiger partial charge is 0.433 e. The van der Waals surface area contributed by atoms with Crippen LogP contribution >= 0.6 is 34.2 Å². The van der Waals surface area contributed by atoms with Gasteiger partial charge in [0.15, 0.2) is 5.69 Å². The molecule has 0 spiro atoms. The summed E-state index contributed by atoms with van der Waals surface area (Å²) >= 11 is 7.39. The van der Waals surface area contributed by atoms with Crippen LogP contribution < -0.4 is 0 Å². The summed E-state index contributed by atoms with van der Waals surface area (Å²) in [5, 5.41) is 3.56. The van der Waals surface area contributed by atoms with E-state index < -0.39 is 17.8 Å². The molecule has 2 aromatic heterocycles. The van der Waals surface area contributed by atoms with Crippen LogP contribution in [0.15, 0.2) is 12.1 Å². The highest BCUT2D eigenvalue weighted by molar-refractivity contribution is 14.1. The number of pyridine rings is 1. The van der Waals surface area contributed by atoms with Crippen LogP contribution in [-0.2, 0) is 10.9 Å². The summed E-state index contributed by atoms with van der Waals surface area (Å²) in [6.07, 6.45) is -4.63. The molecule has 0 aromatic carbocycles. The number of halogens is 5. The molecular weight excluding hydrogens is 399 g/mol. The highest BCUT2D eigenvalue weighted by Crippen LogP contribution is 2.33. The second-order valence-corrected chi connectivity index (χ2v) is 5.02. The number of ether oxygens (including phenoxy) is 1. The van der Waals surface area contributed by atoms with Crippen molar-refractivity contribution in [1.82, 2.24) is 9.61 Å². The molecule has 4 nitrogen and oxygen atoms in total. The van der Waals surface area contributed by atoms with E-state index in [1.165, 1.54) is 6.07 Å². The van der Waals surface area contributed by atoms with Gasteiger partial charge in [0.2, 0.25) is 0 Å². The number of methoxy groups -OCH3 is 1. The van der Waals surface area contributed by atoms with E-state index in [9.17, 15) is 18.0 Å². The molecule has 0 unspecified atom stereocenters. The van der Waals surface area contributed by atoms with Crippen LogP contribution in [0.2, 0.25) is 5.02 Å². The molecule has 0 fully saturated rings. The Morgan fingerprint density at radius 2 is 2.11 bits per heavy atom. The molecule has 0 radical (unpaired) electrons. The molecule has 0 aliphatic rings. The first-order chi connectivity index (χ1) is 8.75. The number of alkyl halides is 3. The topological polar surface area (TPSA) is 43.6 Å². The average Bonchev–Trinajstić information content (AvgIpc) is 2.64. The quantitative estimate of drug-likeness (QED) is 0.541. The third kappa shape index (κ3) is 2.50. The van der Waals surface area contributed by atoms with E-state index >= 15 is 0 Å². The summed E-state index contributed by atoms with van der Waals surface area (Å²) in [6.45, 7) is 0. The van der Waals surface area contributed by atoms with E-state index in [4.69, 9.17) is 11.6 Å². The number of hydrogen-bond acceptors (Lipinski definition) is 3. The van der Waals surface area contributed by atoms with E-state index in [1.54, 1.807) is 22.6 Å². The predicted octanol–water partition coefficient (Wildman–Crippen LogP) is 3.40. The Hall–Kier alpha value is -1.03. The lowest BCUT2D eigenvalue weighted by Crippen LogP contribution is -2.13. The summed E-state index contributed by atoms with van der Waals surface area (Å²) in [5.41, 5.74) is -1.14. The van der Waals surface area contributed by atoms with Crippen molar-refractivity contribution in [2.75, 3.05) is 7.11 Å². The minimum atomic E-state index is -4.63. The third-order valence-corrected chi connectivity index (χ3v) is 3.59. The average molecular weight is 405 g/mol. The van der Waals surface area contributed by atoms with Crippen molar-refractivity contribution in [3.63, 3.8) is 0 Å². The highest BCUT2D eigenvalue weighted by atomic mass is 127. The van der Waals surface area contributed by atoms with Gasteiger partial charge < -0.3 is 4.74 Å². The van der Waals surface area contributed by atoms with Gasteiger partial charge >= 0.3 is 12.1 Å². The Bertz CT molecular complexity index is 669. The Morgan fingerprint density at radius 1 is 1.47 bits per heavy atom. The first kappa shape index (κ1) is 14.4. The predicted molar refractivity (Wildman–Crippen MR) is 69.3 cm³/mol. The zero-order valence-electron chi connectivity index (χ0n) is 9.26. The Balaban J connectivity index is 2.83. The first-order valence-corrected chi connectivity index (χ1v) is 6.24. The van der Waals surface area contributed by atoms with Gasteiger partial charge in [0.25, 0.3) is 0 Å². The zero-order chi connectivity index (χ0) is 14.4. The third-order valence-electron chi connectivity index (χ3n) is 2.31. The van der Waals surface area contributed by atoms with Crippen LogP contribution in [0.25, 0.3) is 5.52 Å². The van der Waals surface area contributed by atoms with Crippen molar-refractivity contribution < 1.29 is 22.7 Å². The van der Waals surface area contributed by atoms with Crippen LogP contribution in [0.3, 0.4) is 0 Å². The van der Waals surface area contributed by atoms with E-state index in [1.807, 2.05) is 0 Å². The fourth-order valence-corrected chi connectivity index (χ4v) is 2.43. The molecule has 0 N–H and O–H groups in total. The van der Waals surface area contributed by atoms with Gasteiger partial charge in [-0.05, 0) is 34.7 Å². The lowest BCUT2D eigenvalue weighted by molar-refractivity contribution is -0.142. The monoisotopic (exact) mass is 404 g/mol. The summed E-state index contributed by atoms with van der Waals surface area (Å²) in [6, 6.07) is 2.05. The Morgan fingerprint density at radius 3 is 2.63 bits per heavy atom. The number of aromatic nitrogens is 2. The highest BCUT2D eigenvalue weighted by Gasteiger charge is 2.35. The molecule has 0 saturated carbocycles. The lowest BCUT2D eigenvalue weighted by Gasteiger charge is -2.09. The van der Waals surface area contributed by atoms with Gasteiger partial charge in [-0.15, -0.1) is 0 Å². The van der Waals surface area contributed by atoms with E-state index in [0.29, 0.717) is 4.52 Å².